The molecule has 0 aliphatic heterocycles. The van der Waals surface area contributed by atoms with E-state index in [0.717, 1.165) is 17.4 Å². The van der Waals surface area contributed by atoms with Crippen LogP contribution in [0.1, 0.15) is 37.6 Å². The standard InChI is InChI=1S/C14H22BrN3O2/c1-4-5-16-13-12(8-11(15)9-18-13)14(19)17-6-7-20-10(2)3/h8-10H,4-7H2,1-3H3,(H,16,18)(H,17,19). The summed E-state index contributed by atoms with van der Waals surface area (Å²) in [4.78, 5) is 16.4. The lowest BCUT2D eigenvalue weighted by molar-refractivity contribution is 0.0747. The van der Waals surface area contributed by atoms with Crippen molar-refractivity contribution in [1.29, 1.82) is 0 Å². The fourth-order valence-electron chi connectivity index (χ4n) is 1.55. The number of aromatic nitrogens is 1. The molecule has 1 amide bonds. The molecule has 5 nitrogen and oxygen atoms in total. The monoisotopic (exact) mass is 343 g/mol. The van der Waals surface area contributed by atoms with Crippen molar-refractivity contribution < 1.29 is 9.53 Å². The van der Waals surface area contributed by atoms with Gasteiger partial charge in [0.1, 0.15) is 5.82 Å². The third-order valence-corrected chi connectivity index (χ3v) is 2.91. The van der Waals surface area contributed by atoms with Crippen molar-refractivity contribution in [1.82, 2.24) is 10.3 Å². The molecule has 6 heteroatoms. The van der Waals surface area contributed by atoms with Gasteiger partial charge in [-0.1, -0.05) is 6.92 Å². The van der Waals surface area contributed by atoms with Crippen LogP contribution in [0.2, 0.25) is 0 Å². The third kappa shape index (κ3) is 5.88. The minimum absolute atomic E-state index is 0.148. The molecule has 112 valence electrons. The molecule has 1 rings (SSSR count). The predicted molar refractivity (Wildman–Crippen MR) is 84.1 cm³/mol. The maximum atomic E-state index is 12.2. The summed E-state index contributed by atoms with van der Waals surface area (Å²) in [6, 6.07) is 1.77. The van der Waals surface area contributed by atoms with E-state index in [1.807, 2.05) is 13.8 Å². The molecule has 0 unspecified atom stereocenters. The van der Waals surface area contributed by atoms with E-state index in [2.05, 4.69) is 38.5 Å². The number of nitrogens with one attached hydrogen (secondary N) is 2. The van der Waals surface area contributed by atoms with Crippen LogP contribution in [0.5, 0.6) is 0 Å². The number of hydrogen-bond acceptors (Lipinski definition) is 4. The zero-order chi connectivity index (χ0) is 15.0. The molecule has 0 aromatic carbocycles. The minimum Gasteiger partial charge on any atom is -0.377 e. The van der Waals surface area contributed by atoms with E-state index in [1.165, 1.54) is 0 Å². The number of ether oxygens (including phenoxy) is 1. The molecule has 0 aliphatic carbocycles. The number of hydrogen-bond donors (Lipinski definition) is 2. The molecular formula is C14H22BrN3O2. The molecule has 0 saturated carbocycles. The van der Waals surface area contributed by atoms with Gasteiger partial charge in [0.05, 0.1) is 18.3 Å². The molecule has 0 radical (unpaired) electrons. The van der Waals surface area contributed by atoms with Crippen LogP contribution < -0.4 is 10.6 Å². The van der Waals surface area contributed by atoms with Gasteiger partial charge in [0.2, 0.25) is 0 Å². The smallest absolute Gasteiger partial charge is 0.255 e. The Hall–Kier alpha value is -1.14. The Morgan fingerprint density at radius 2 is 2.20 bits per heavy atom. The zero-order valence-corrected chi connectivity index (χ0v) is 13.8. The van der Waals surface area contributed by atoms with Crippen molar-refractivity contribution in [3.63, 3.8) is 0 Å². The second-order valence-electron chi connectivity index (χ2n) is 4.65. The van der Waals surface area contributed by atoms with Crippen LogP contribution in [-0.2, 0) is 4.74 Å². The van der Waals surface area contributed by atoms with Crippen LogP contribution in [0.15, 0.2) is 16.7 Å². The minimum atomic E-state index is -0.148. The summed E-state index contributed by atoms with van der Waals surface area (Å²) in [5, 5.41) is 5.99. The van der Waals surface area contributed by atoms with Gasteiger partial charge >= 0.3 is 0 Å². The maximum absolute atomic E-state index is 12.2. The van der Waals surface area contributed by atoms with Crippen LogP contribution in [0.4, 0.5) is 5.82 Å². The second kappa shape index (κ2) is 8.92. The molecule has 20 heavy (non-hydrogen) atoms. The molecule has 1 heterocycles. The SMILES string of the molecule is CCCNc1ncc(Br)cc1C(=O)NCCOC(C)C. The van der Waals surface area contributed by atoms with E-state index >= 15 is 0 Å². The van der Waals surface area contributed by atoms with Crippen molar-refractivity contribution in [3.05, 3.63) is 22.3 Å². The molecule has 0 aliphatic rings. The van der Waals surface area contributed by atoms with E-state index in [1.54, 1.807) is 12.3 Å². The fraction of sp³-hybridized carbons (Fsp3) is 0.571. The Balaban J connectivity index is 2.63. The third-order valence-electron chi connectivity index (χ3n) is 2.48. The van der Waals surface area contributed by atoms with Gasteiger partial charge < -0.3 is 15.4 Å². The van der Waals surface area contributed by atoms with Gasteiger partial charge in [-0.25, -0.2) is 4.98 Å². The Morgan fingerprint density at radius 1 is 1.45 bits per heavy atom. The molecule has 0 saturated heterocycles. The molecule has 0 spiro atoms. The van der Waals surface area contributed by atoms with E-state index in [0.29, 0.717) is 24.5 Å². The molecule has 0 atom stereocenters. The molecule has 2 N–H and O–H groups in total. The summed E-state index contributed by atoms with van der Waals surface area (Å²) in [5.74, 6) is 0.460. The Kier molecular flexibility index (Phi) is 7.54. The summed E-state index contributed by atoms with van der Waals surface area (Å²) in [6.07, 6.45) is 2.82. The Labute approximate surface area is 128 Å². The highest BCUT2D eigenvalue weighted by atomic mass is 79.9. The maximum Gasteiger partial charge on any atom is 0.255 e. The number of anilines is 1. The van der Waals surface area contributed by atoms with Crippen molar-refractivity contribution in [2.24, 2.45) is 0 Å². The number of halogens is 1. The highest BCUT2D eigenvalue weighted by Crippen LogP contribution is 2.18. The van der Waals surface area contributed by atoms with Gasteiger partial charge in [-0.2, -0.15) is 0 Å². The Bertz CT molecular complexity index is 438. The van der Waals surface area contributed by atoms with E-state index in [-0.39, 0.29) is 12.0 Å². The largest absolute Gasteiger partial charge is 0.377 e. The first-order chi connectivity index (χ1) is 9.54. The van der Waals surface area contributed by atoms with E-state index in [4.69, 9.17) is 4.74 Å². The van der Waals surface area contributed by atoms with Crippen LogP contribution >= 0.6 is 15.9 Å². The van der Waals surface area contributed by atoms with Crippen LogP contribution in [0.25, 0.3) is 0 Å². The van der Waals surface area contributed by atoms with Crippen LogP contribution in [0.3, 0.4) is 0 Å². The first-order valence-electron chi connectivity index (χ1n) is 6.83. The number of rotatable bonds is 8. The lowest BCUT2D eigenvalue weighted by atomic mass is 10.2. The number of carbonyl (C=O) groups excluding carboxylic acids is 1. The van der Waals surface area contributed by atoms with Crippen molar-refractivity contribution in [2.45, 2.75) is 33.3 Å². The predicted octanol–water partition coefficient (Wildman–Crippen LogP) is 2.82. The van der Waals surface area contributed by atoms with Crippen molar-refractivity contribution in [2.75, 3.05) is 25.0 Å². The summed E-state index contributed by atoms with van der Waals surface area (Å²) in [5.41, 5.74) is 0.539. The highest BCUT2D eigenvalue weighted by Gasteiger charge is 2.12. The summed E-state index contributed by atoms with van der Waals surface area (Å²) in [6.45, 7) is 7.76. The Morgan fingerprint density at radius 3 is 2.85 bits per heavy atom. The summed E-state index contributed by atoms with van der Waals surface area (Å²) in [7, 11) is 0. The fourth-order valence-corrected chi connectivity index (χ4v) is 1.88. The average Bonchev–Trinajstić information content (AvgIpc) is 2.41. The van der Waals surface area contributed by atoms with Gasteiger partial charge in [0.25, 0.3) is 5.91 Å². The van der Waals surface area contributed by atoms with Crippen LogP contribution in [-0.4, -0.2) is 36.7 Å². The lowest BCUT2D eigenvalue weighted by Gasteiger charge is -2.12. The van der Waals surface area contributed by atoms with Gasteiger partial charge in [-0.15, -0.1) is 0 Å². The first-order valence-corrected chi connectivity index (χ1v) is 7.63. The van der Waals surface area contributed by atoms with Gasteiger partial charge in [-0.05, 0) is 42.3 Å². The quantitative estimate of drug-likeness (QED) is 0.712. The normalized spacial score (nSPS) is 10.7. The molecule has 0 fully saturated rings. The van der Waals surface area contributed by atoms with Crippen molar-refractivity contribution >= 4 is 27.7 Å². The molecular weight excluding hydrogens is 322 g/mol. The molecule has 1 aromatic heterocycles. The first kappa shape index (κ1) is 16.9. The zero-order valence-electron chi connectivity index (χ0n) is 12.2. The lowest BCUT2D eigenvalue weighted by Crippen LogP contribution is -2.29. The summed E-state index contributed by atoms with van der Waals surface area (Å²) < 4.78 is 6.17. The number of nitrogens with zero attached hydrogens (tertiary/aromatic N) is 1. The highest BCUT2D eigenvalue weighted by molar-refractivity contribution is 9.10. The summed E-state index contributed by atoms with van der Waals surface area (Å²) >= 11 is 3.34. The van der Waals surface area contributed by atoms with Crippen LogP contribution in [0, 0.1) is 0 Å². The second-order valence-corrected chi connectivity index (χ2v) is 5.57. The number of amides is 1. The van der Waals surface area contributed by atoms with Gasteiger partial charge in [-0.3, -0.25) is 4.79 Å². The van der Waals surface area contributed by atoms with E-state index < -0.39 is 0 Å². The number of carbonyl (C=O) groups is 1. The molecule has 1 aromatic rings. The van der Waals surface area contributed by atoms with Gasteiger partial charge in [0.15, 0.2) is 0 Å². The van der Waals surface area contributed by atoms with E-state index in [9.17, 15) is 4.79 Å². The van der Waals surface area contributed by atoms with Crippen molar-refractivity contribution in [3.8, 4) is 0 Å². The topological polar surface area (TPSA) is 63.2 Å². The van der Waals surface area contributed by atoms with Gasteiger partial charge in [0, 0.05) is 23.8 Å². The molecule has 0 bridgehead atoms. The average molecular weight is 344 g/mol. The number of pyridine rings is 1.